The Balaban J connectivity index is 1.57. The molecule has 0 aliphatic heterocycles. The molecule has 0 saturated heterocycles. The van der Waals surface area contributed by atoms with Crippen molar-refractivity contribution >= 4 is 33.5 Å². The fourth-order valence-electron chi connectivity index (χ4n) is 2.81. The number of nitrogens with one attached hydrogen (secondary N) is 1. The first-order valence-corrected chi connectivity index (χ1v) is 8.54. The molecule has 0 spiro atoms. The molecule has 4 aromatic rings. The molecule has 0 amide bonds. The van der Waals surface area contributed by atoms with Crippen LogP contribution in [0.25, 0.3) is 27.6 Å². The summed E-state index contributed by atoms with van der Waals surface area (Å²) in [6, 6.07) is 16.5. The van der Waals surface area contributed by atoms with Crippen molar-refractivity contribution < 1.29 is 19.1 Å². The average molecular weight is 387 g/mol. The highest BCUT2D eigenvalue weighted by Crippen LogP contribution is 2.19. The van der Waals surface area contributed by atoms with Crippen molar-refractivity contribution in [1.82, 2.24) is 9.97 Å². The van der Waals surface area contributed by atoms with Gasteiger partial charge in [-0.25, -0.2) is 9.78 Å². The Bertz CT molecular complexity index is 1340. The Morgan fingerprint density at radius 3 is 2.76 bits per heavy atom. The van der Waals surface area contributed by atoms with E-state index in [1.165, 1.54) is 0 Å². The maximum absolute atomic E-state index is 12.2. The van der Waals surface area contributed by atoms with Crippen molar-refractivity contribution in [3.63, 3.8) is 0 Å². The van der Waals surface area contributed by atoms with Crippen LogP contribution < -0.4 is 5.43 Å². The van der Waals surface area contributed by atoms with Gasteiger partial charge in [0.2, 0.25) is 5.76 Å². The number of aliphatic hydroxyl groups excluding tert-OH is 1. The molecule has 0 aliphatic carbocycles. The highest BCUT2D eigenvalue weighted by molar-refractivity contribution is 5.89. The zero-order chi connectivity index (χ0) is 20.4. The van der Waals surface area contributed by atoms with Crippen LogP contribution in [0.15, 0.2) is 69.6 Å². The summed E-state index contributed by atoms with van der Waals surface area (Å²) in [5, 5.41) is 20.0. The van der Waals surface area contributed by atoms with Gasteiger partial charge in [-0.3, -0.25) is 4.79 Å². The summed E-state index contributed by atoms with van der Waals surface area (Å²) in [6.45, 7) is -0.588. The standard InChI is InChI=1S/C21H13N3O5/c22-10-13(20-23-14-6-2-3-7-15(14)24-20)17(26)11-28-21(27)19-9-16(25)12-5-1-4-8-18(12)29-19/h1-9,26H,11H2,(H,23,24)/b17-13-. The van der Waals surface area contributed by atoms with E-state index in [1.807, 2.05) is 6.07 Å². The molecule has 0 bridgehead atoms. The van der Waals surface area contributed by atoms with E-state index in [2.05, 4.69) is 9.97 Å². The van der Waals surface area contributed by atoms with Gasteiger partial charge in [-0.2, -0.15) is 5.26 Å². The number of hydrogen-bond acceptors (Lipinski definition) is 7. The lowest BCUT2D eigenvalue weighted by atomic mass is 10.2. The van der Waals surface area contributed by atoms with Gasteiger partial charge < -0.3 is 19.2 Å². The van der Waals surface area contributed by atoms with E-state index in [9.17, 15) is 20.0 Å². The Kier molecular flexibility index (Phi) is 4.55. The summed E-state index contributed by atoms with van der Waals surface area (Å²) in [5.74, 6) is -1.58. The van der Waals surface area contributed by atoms with Crippen LogP contribution in [0.5, 0.6) is 0 Å². The number of carbonyl (C=O) groups excluding carboxylic acids is 1. The van der Waals surface area contributed by atoms with Gasteiger partial charge in [-0.05, 0) is 24.3 Å². The number of ether oxygens (including phenoxy) is 1. The molecule has 0 aliphatic rings. The van der Waals surface area contributed by atoms with Crippen molar-refractivity contribution in [2.45, 2.75) is 0 Å². The number of aromatic amines is 1. The molecule has 0 radical (unpaired) electrons. The zero-order valence-corrected chi connectivity index (χ0v) is 14.9. The van der Waals surface area contributed by atoms with Crippen LogP contribution >= 0.6 is 0 Å². The summed E-state index contributed by atoms with van der Waals surface area (Å²) in [5.41, 5.74) is 1.01. The van der Waals surface area contributed by atoms with Crippen LogP contribution in [0.2, 0.25) is 0 Å². The van der Waals surface area contributed by atoms with Gasteiger partial charge in [0.05, 0.1) is 16.4 Å². The van der Waals surface area contributed by atoms with Gasteiger partial charge in [0, 0.05) is 6.07 Å². The third-order valence-corrected chi connectivity index (χ3v) is 4.20. The number of para-hydroxylation sites is 3. The molecule has 2 heterocycles. The fourth-order valence-corrected chi connectivity index (χ4v) is 2.81. The number of benzene rings is 2. The number of hydrogen-bond donors (Lipinski definition) is 2. The number of fused-ring (bicyclic) bond motifs is 2. The predicted octanol–water partition coefficient (Wildman–Crippen LogP) is 3.32. The van der Waals surface area contributed by atoms with E-state index in [0.29, 0.717) is 16.4 Å². The lowest BCUT2D eigenvalue weighted by Crippen LogP contribution is -2.12. The molecule has 29 heavy (non-hydrogen) atoms. The SMILES string of the molecule is N#C/C(=C(/O)COC(=O)c1cc(=O)c2ccccc2o1)c1nc2ccccc2[nH]1. The van der Waals surface area contributed by atoms with Gasteiger partial charge in [-0.1, -0.05) is 24.3 Å². The van der Waals surface area contributed by atoms with Gasteiger partial charge >= 0.3 is 5.97 Å². The number of carbonyl (C=O) groups is 1. The van der Waals surface area contributed by atoms with Crippen LogP contribution in [-0.2, 0) is 4.74 Å². The first-order chi connectivity index (χ1) is 14.1. The molecular formula is C21H13N3O5. The van der Waals surface area contributed by atoms with Crippen molar-refractivity contribution in [2.75, 3.05) is 6.61 Å². The number of nitriles is 1. The molecule has 0 fully saturated rings. The van der Waals surface area contributed by atoms with Crippen LogP contribution in [0.4, 0.5) is 0 Å². The van der Waals surface area contributed by atoms with Crippen LogP contribution in [0, 0.1) is 11.3 Å². The number of H-pyrrole nitrogens is 1. The second kappa shape index (κ2) is 7.32. The summed E-state index contributed by atoms with van der Waals surface area (Å²) in [7, 11) is 0. The molecule has 4 rings (SSSR count). The van der Waals surface area contributed by atoms with E-state index >= 15 is 0 Å². The third kappa shape index (κ3) is 3.44. The Morgan fingerprint density at radius 2 is 1.97 bits per heavy atom. The quantitative estimate of drug-likeness (QED) is 0.312. The minimum Gasteiger partial charge on any atom is -0.507 e. The Labute approximate surface area is 163 Å². The topological polar surface area (TPSA) is 129 Å². The van der Waals surface area contributed by atoms with E-state index in [1.54, 1.807) is 48.5 Å². The maximum Gasteiger partial charge on any atom is 0.374 e. The second-order valence-corrected chi connectivity index (χ2v) is 6.08. The molecule has 0 atom stereocenters. The molecule has 142 valence electrons. The Hall–Kier alpha value is -4.38. The minimum atomic E-state index is -0.943. The second-order valence-electron chi connectivity index (χ2n) is 6.08. The number of aliphatic hydroxyl groups is 1. The van der Waals surface area contributed by atoms with Gasteiger partial charge in [0.1, 0.15) is 17.2 Å². The third-order valence-electron chi connectivity index (χ3n) is 4.20. The molecule has 8 heteroatoms. The van der Waals surface area contributed by atoms with Crippen LogP contribution in [0.3, 0.4) is 0 Å². The van der Waals surface area contributed by atoms with Crippen molar-refractivity contribution in [3.8, 4) is 6.07 Å². The number of aromatic nitrogens is 2. The number of esters is 1. The maximum atomic E-state index is 12.2. The number of allylic oxidation sites excluding steroid dienone is 1. The molecule has 2 aromatic carbocycles. The van der Waals surface area contributed by atoms with Gasteiger partial charge in [0.15, 0.2) is 23.6 Å². The largest absolute Gasteiger partial charge is 0.507 e. The first kappa shape index (κ1) is 18.0. The van der Waals surface area contributed by atoms with Crippen molar-refractivity contribution in [1.29, 1.82) is 5.26 Å². The molecule has 0 saturated carbocycles. The first-order valence-electron chi connectivity index (χ1n) is 8.54. The van der Waals surface area contributed by atoms with Crippen molar-refractivity contribution in [2.24, 2.45) is 0 Å². The molecule has 0 unspecified atom stereocenters. The highest BCUT2D eigenvalue weighted by atomic mass is 16.6. The van der Waals surface area contributed by atoms with Gasteiger partial charge in [-0.15, -0.1) is 0 Å². The van der Waals surface area contributed by atoms with E-state index in [4.69, 9.17) is 9.15 Å². The predicted molar refractivity (Wildman–Crippen MR) is 104 cm³/mol. The number of nitrogens with zero attached hydrogens (tertiary/aromatic N) is 2. The fraction of sp³-hybridized carbons (Fsp3) is 0.0476. The summed E-state index contributed by atoms with van der Waals surface area (Å²) in [6.07, 6.45) is 0. The molecule has 2 N–H and O–H groups in total. The van der Waals surface area contributed by atoms with Crippen molar-refractivity contribution in [3.05, 3.63) is 82.2 Å². The van der Waals surface area contributed by atoms with Crippen LogP contribution in [0.1, 0.15) is 16.4 Å². The normalized spacial score (nSPS) is 11.8. The minimum absolute atomic E-state index is 0.152. The summed E-state index contributed by atoms with van der Waals surface area (Å²) < 4.78 is 10.4. The number of imidazole rings is 1. The molecule has 8 nitrogen and oxygen atoms in total. The zero-order valence-electron chi connectivity index (χ0n) is 14.9. The van der Waals surface area contributed by atoms with Gasteiger partial charge in [0.25, 0.3) is 0 Å². The van der Waals surface area contributed by atoms with E-state index in [-0.39, 0.29) is 22.7 Å². The lowest BCUT2D eigenvalue weighted by Gasteiger charge is -2.05. The molecular weight excluding hydrogens is 374 g/mol. The smallest absolute Gasteiger partial charge is 0.374 e. The lowest BCUT2D eigenvalue weighted by molar-refractivity contribution is 0.0467. The number of rotatable bonds is 4. The van der Waals surface area contributed by atoms with E-state index in [0.717, 1.165) is 6.07 Å². The summed E-state index contributed by atoms with van der Waals surface area (Å²) >= 11 is 0. The monoisotopic (exact) mass is 387 g/mol. The van der Waals surface area contributed by atoms with Crippen LogP contribution in [-0.4, -0.2) is 27.7 Å². The highest BCUT2D eigenvalue weighted by Gasteiger charge is 2.17. The average Bonchev–Trinajstić information content (AvgIpc) is 3.16. The Morgan fingerprint density at radius 1 is 1.21 bits per heavy atom. The molecule has 2 aromatic heterocycles. The van der Waals surface area contributed by atoms with E-state index < -0.39 is 23.8 Å². The summed E-state index contributed by atoms with van der Waals surface area (Å²) in [4.78, 5) is 31.5.